The Morgan fingerprint density at radius 3 is 2.55 bits per heavy atom. The summed E-state index contributed by atoms with van der Waals surface area (Å²) in [7, 11) is 0. The number of hydrogen-bond acceptors (Lipinski definition) is 7. The van der Waals surface area contributed by atoms with Gasteiger partial charge in [0.25, 0.3) is 11.8 Å². The number of aliphatic hydroxyl groups excluding tert-OH is 1. The van der Waals surface area contributed by atoms with Gasteiger partial charge in [-0.3, -0.25) is 14.4 Å². The van der Waals surface area contributed by atoms with Crippen molar-refractivity contribution in [3.05, 3.63) is 54.2 Å². The third kappa shape index (κ3) is 6.72. The first kappa shape index (κ1) is 24.6. The first-order valence-corrected chi connectivity index (χ1v) is 11.3. The molecule has 0 spiro atoms. The third-order valence-electron chi connectivity index (χ3n) is 5.80. The predicted molar refractivity (Wildman–Crippen MR) is 119 cm³/mol. The Morgan fingerprint density at radius 2 is 1.91 bits per heavy atom. The summed E-state index contributed by atoms with van der Waals surface area (Å²) in [6.45, 7) is 3.28. The SMILES string of the molecule is CC[C@H](NC(=O)[C@H](CCCc1ccccc1)[C@H](O)C(=O)N1CCOCC1)C(=O)c1ncco1. The van der Waals surface area contributed by atoms with E-state index in [1.54, 1.807) is 6.92 Å². The van der Waals surface area contributed by atoms with Crippen LogP contribution in [0.2, 0.25) is 0 Å². The Kier molecular flexibility index (Phi) is 9.14. The minimum Gasteiger partial charge on any atom is -0.442 e. The highest BCUT2D eigenvalue weighted by Crippen LogP contribution is 2.19. The van der Waals surface area contributed by atoms with Crippen molar-refractivity contribution in [3.63, 3.8) is 0 Å². The van der Waals surface area contributed by atoms with Crippen molar-refractivity contribution in [2.24, 2.45) is 5.92 Å². The van der Waals surface area contributed by atoms with Gasteiger partial charge in [0.15, 0.2) is 0 Å². The Hall–Kier alpha value is -3.04. The maximum atomic E-state index is 13.2. The number of carbonyl (C=O) groups is 3. The number of amides is 2. The summed E-state index contributed by atoms with van der Waals surface area (Å²) >= 11 is 0. The van der Waals surface area contributed by atoms with Gasteiger partial charge in [-0.05, 0) is 31.2 Å². The van der Waals surface area contributed by atoms with E-state index < -0.39 is 35.7 Å². The molecule has 1 saturated heterocycles. The number of Topliss-reactive ketones (excluding diaryl/α,β-unsaturated/α-hetero) is 1. The van der Waals surface area contributed by atoms with Gasteiger partial charge >= 0.3 is 0 Å². The Labute approximate surface area is 193 Å². The van der Waals surface area contributed by atoms with Crippen molar-refractivity contribution in [2.45, 2.75) is 44.8 Å². The largest absolute Gasteiger partial charge is 0.442 e. The summed E-state index contributed by atoms with van der Waals surface area (Å²) in [6.07, 6.45) is 3.06. The van der Waals surface area contributed by atoms with Gasteiger partial charge < -0.3 is 24.5 Å². The lowest BCUT2D eigenvalue weighted by Crippen LogP contribution is -2.52. The second-order valence-electron chi connectivity index (χ2n) is 8.04. The second kappa shape index (κ2) is 12.3. The molecule has 0 saturated carbocycles. The number of aliphatic hydroxyl groups is 1. The quantitative estimate of drug-likeness (QED) is 0.492. The zero-order valence-electron chi connectivity index (χ0n) is 18.8. The van der Waals surface area contributed by atoms with Crippen LogP contribution in [0, 0.1) is 5.92 Å². The maximum Gasteiger partial charge on any atom is 0.265 e. The van der Waals surface area contributed by atoms with Gasteiger partial charge in [0.2, 0.25) is 11.7 Å². The van der Waals surface area contributed by atoms with E-state index in [0.717, 1.165) is 5.56 Å². The number of ketones is 1. The lowest BCUT2D eigenvalue weighted by Gasteiger charge is -2.31. The predicted octanol–water partition coefficient (Wildman–Crippen LogP) is 1.61. The fourth-order valence-electron chi connectivity index (χ4n) is 3.87. The van der Waals surface area contributed by atoms with Crippen LogP contribution in [0.4, 0.5) is 0 Å². The number of oxazole rings is 1. The molecule has 9 heteroatoms. The van der Waals surface area contributed by atoms with Crippen LogP contribution in [0.15, 0.2) is 47.2 Å². The molecule has 1 aromatic carbocycles. The Balaban J connectivity index is 1.70. The standard InChI is InChI=1S/C24H31N3O6/c1-2-19(21(29)23-25-11-14-33-23)26-22(30)18(10-6-9-17-7-4-3-5-8-17)20(28)24(31)27-12-15-32-16-13-27/h3-5,7-8,11,14,18-20,28H,2,6,9-10,12-13,15-16H2,1H3,(H,26,30)/t18-,19+,20+/m1/s1. The monoisotopic (exact) mass is 457 g/mol. The number of nitrogens with one attached hydrogen (secondary N) is 1. The van der Waals surface area contributed by atoms with Crippen molar-refractivity contribution >= 4 is 17.6 Å². The number of aromatic nitrogens is 1. The molecule has 0 bridgehead atoms. The second-order valence-corrected chi connectivity index (χ2v) is 8.04. The molecule has 2 aromatic rings. The van der Waals surface area contributed by atoms with E-state index in [9.17, 15) is 19.5 Å². The van der Waals surface area contributed by atoms with Crippen LogP contribution in [-0.2, 0) is 20.7 Å². The minimum atomic E-state index is -1.51. The minimum absolute atomic E-state index is 0.0901. The van der Waals surface area contributed by atoms with Crippen LogP contribution >= 0.6 is 0 Å². The lowest BCUT2D eigenvalue weighted by molar-refractivity contribution is -0.151. The first-order valence-electron chi connectivity index (χ1n) is 11.3. The molecule has 0 radical (unpaired) electrons. The molecule has 33 heavy (non-hydrogen) atoms. The number of carbonyl (C=O) groups excluding carboxylic acids is 3. The molecular weight excluding hydrogens is 426 g/mol. The molecule has 0 aliphatic carbocycles. The van der Waals surface area contributed by atoms with Gasteiger partial charge in [0.1, 0.15) is 12.4 Å². The number of morpholine rings is 1. The lowest BCUT2D eigenvalue weighted by atomic mass is 9.92. The van der Waals surface area contributed by atoms with Gasteiger partial charge in [0, 0.05) is 13.1 Å². The van der Waals surface area contributed by atoms with Crippen molar-refractivity contribution in [2.75, 3.05) is 26.3 Å². The number of hydrogen-bond donors (Lipinski definition) is 2. The number of ether oxygens (including phenoxy) is 1. The van der Waals surface area contributed by atoms with E-state index in [2.05, 4.69) is 10.3 Å². The maximum absolute atomic E-state index is 13.2. The number of rotatable bonds is 11. The van der Waals surface area contributed by atoms with Crippen LogP contribution in [0.5, 0.6) is 0 Å². The van der Waals surface area contributed by atoms with E-state index in [0.29, 0.717) is 52.0 Å². The molecule has 1 aliphatic heterocycles. The highest BCUT2D eigenvalue weighted by atomic mass is 16.5. The Bertz CT molecular complexity index is 896. The van der Waals surface area contributed by atoms with Crippen LogP contribution < -0.4 is 5.32 Å². The van der Waals surface area contributed by atoms with E-state index >= 15 is 0 Å². The van der Waals surface area contributed by atoms with E-state index in [1.165, 1.54) is 17.4 Å². The molecule has 1 fully saturated rings. The molecule has 1 aliphatic rings. The third-order valence-corrected chi connectivity index (χ3v) is 5.80. The van der Waals surface area contributed by atoms with Gasteiger partial charge in [0.05, 0.1) is 31.4 Å². The van der Waals surface area contributed by atoms with E-state index in [-0.39, 0.29) is 5.89 Å². The van der Waals surface area contributed by atoms with Crippen molar-refractivity contribution < 1.29 is 28.6 Å². The number of nitrogens with zero attached hydrogens (tertiary/aromatic N) is 2. The average Bonchev–Trinajstić information content (AvgIpc) is 3.40. The van der Waals surface area contributed by atoms with Gasteiger partial charge in [-0.1, -0.05) is 37.3 Å². The van der Waals surface area contributed by atoms with Crippen molar-refractivity contribution in [1.82, 2.24) is 15.2 Å². The topological polar surface area (TPSA) is 122 Å². The molecule has 3 rings (SSSR count). The summed E-state index contributed by atoms with van der Waals surface area (Å²) in [4.78, 5) is 44.1. The van der Waals surface area contributed by atoms with Crippen LogP contribution in [0.1, 0.15) is 42.4 Å². The van der Waals surface area contributed by atoms with Crippen molar-refractivity contribution in [1.29, 1.82) is 0 Å². The summed E-state index contributed by atoms with van der Waals surface area (Å²) in [5.41, 5.74) is 1.11. The average molecular weight is 458 g/mol. The fourth-order valence-corrected chi connectivity index (χ4v) is 3.87. The molecule has 178 valence electrons. The highest BCUT2D eigenvalue weighted by Gasteiger charge is 2.36. The molecule has 0 unspecified atom stereocenters. The summed E-state index contributed by atoms with van der Waals surface area (Å²) in [5, 5.41) is 13.6. The van der Waals surface area contributed by atoms with Crippen LogP contribution in [0.3, 0.4) is 0 Å². The smallest absolute Gasteiger partial charge is 0.265 e. The van der Waals surface area contributed by atoms with E-state index in [4.69, 9.17) is 9.15 Å². The number of benzene rings is 1. The molecule has 9 nitrogen and oxygen atoms in total. The van der Waals surface area contributed by atoms with Gasteiger partial charge in [-0.25, -0.2) is 4.98 Å². The summed E-state index contributed by atoms with van der Waals surface area (Å²) in [6, 6.07) is 8.94. The molecule has 1 aromatic heterocycles. The van der Waals surface area contributed by atoms with Crippen LogP contribution in [0.25, 0.3) is 0 Å². The normalized spacial score (nSPS) is 16.6. The molecule has 2 amide bonds. The molecular formula is C24H31N3O6. The Morgan fingerprint density at radius 1 is 1.18 bits per heavy atom. The van der Waals surface area contributed by atoms with E-state index in [1.807, 2.05) is 30.3 Å². The zero-order chi connectivity index (χ0) is 23.6. The summed E-state index contributed by atoms with van der Waals surface area (Å²) < 4.78 is 10.3. The van der Waals surface area contributed by atoms with Crippen LogP contribution in [-0.4, -0.2) is 71.0 Å². The zero-order valence-corrected chi connectivity index (χ0v) is 18.8. The summed E-state index contributed by atoms with van der Waals surface area (Å²) in [5.74, 6) is -2.56. The number of aryl methyl sites for hydroxylation is 1. The van der Waals surface area contributed by atoms with Gasteiger partial charge in [-0.2, -0.15) is 0 Å². The molecule has 2 N–H and O–H groups in total. The molecule has 2 heterocycles. The highest BCUT2D eigenvalue weighted by molar-refractivity contribution is 5.99. The first-order chi connectivity index (χ1) is 16.0. The van der Waals surface area contributed by atoms with Crippen molar-refractivity contribution in [3.8, 4) is 0 Å². The fraction of sp³-hybridized carbons (Fsp3) is 0.500. The van der Waals surface area contributed by atoms with Gasteiger partial charge in [-0.15, -0.1) is 0 Å². The molecule has 3 atom stereocenters.